The van der Waals surface area contributed by atoms with Gasteiger partial charge in [-0.1, -0.05) is 0 Å². The van der Waals surface area contributed by atoms with Gasteiger partial charge in [-0.05, 0) is 6.92 Å². The molecule has 3 unspecified atom stereocenters. The highest BCUT2D eigenvalue weighted by atomic mass is 16.4. The number of carbonyl (C=O) groups is 2. The van der Waals surface area contributed by atoms with Crippen LogP contribution in [-0.4, -0.2) is 70.2 Å². The molecule has 0 amide bonds. The summed E-state index contributed by atoms with van der Waals surface area (Å²) >= 11 is 0. The summed E-state index contributed by atoms with van der Waals surface area (Å²) in [6.07, 6.45) is -2.94. The van der Waals surface area contributed by atoms with E-state index in [1.165, 1.54) is 0 Å². The van der Waals surface area contributed by atoms with Gasteiger partial charge in [0.05, 0.1) is 0 Å². The third-order valence-corrected chi connectivity index (χ3v) is 2.02. The number of carboxylic acids is 2. The number of rotatable bonds is 9. The monoisotopic (exact) mass is 250 g/mol. The highest BCUT2D eigenvalue weighted by Crippen LogP contribution is 1.85. The summed E-state index contributed by atoms with van der Waals surface area (Å²) in [4.78, 5) is 20.5. The molecule has 3 atom stereocenters. The second-order valence-electron chi connectivity index (χ2n) is 3.68. The van der Waals surface area contributed by atoms with Crippen molar-refractivity contribution in [3.8, 4) is 0 Å². The first-order valence-electron chi connectivity index (χ1n) is 5.10. The van der Waals surface area contributed by atoms with Crippen molar-refractivity contribution in [3.63, 3.8) is 0 Å². The number of nitrogens with one attached hydrogen (secondary N) is 2. The summed E-state index contributed by atoms with van der Waals surface area (Å²) in [5.74, 6) is -2.61. The molecule has 0 rings (SSSR count). The SMILES string of the molecule is CC(CNCC(O)C(=O)O)NCC(O)C(=O)O. The van der Waals surface area contributed by atoms with E-state index in [0.29, 0.717) is 6.54 Å². The zero-order valence-electron chi connectivity index (χ0n) is 9.46. The average Bonchev–Trinajstić information content (AvgIpc) is 2.25. The van der Waals surface area contributed by atoms with E-state index in [1.807, 2.05) is 0 Å². The maximum Gasteiger partial charge on any atom is 0.333 e. The Labute approximate surface area is 98.3 Å². The van der Waals surface area contributed by atoms with Crippen LogP contribution in [0.4, 0.5) is 0 Å². The highest BCUT2D eigenvalue weighted by Gasteiger charge is 2.15. The van der Waals surface area contributed by atoms with Crippen molar-refractivity contribution < 1.29 is 30.0 Å². The third-order valence-electron chi connectivity index (χ3n) is 2.02. The Morgan fingerprint density at radius 2 is 1.47 bits per heavy atom. The van der Waals surface area contributed by atoms with E-state index in [4.69, 9.17) is 20.4 Å². The topological polar surface area (TPSA) is 139 Å². The fourth-order valence-corrected chi connectivity index (χ4v) is 0.996. The lowest BCUT2D eigenvalue weighted by Gasteiger charge is -2.16. The Kier molecular flexibility index (Phi) is 7.39. The second kappa shape index (κ2) is 7.96. The Morgan fingerprint density at radius 1 is 1.00 bits per heavy atom. The number of aliphatic carboxylic acids is 2. The molecule has 8 heteroatoms. The Bertz CT molecular complexity index is 260. The van der Waals surface area contributed by atoms with Gasteiger partial charge in [0.25, 0.3) is 0 Å². The van der Waals surface area contributed by atoms with Crippen LogP contribution in [0.3, 0.4) is 0 Å². The van der Waals surface area contributed by atoms with E-state index in [0.717, 1.165) is 0 Å². The first-order valence-corrected chi connectivity index (χ1v) is 5.10. The van der Waals surface area contributed by atoms with E-state index in [1.54, 1.807) is 6.92 Å². The summed E-state index contributed by atoms with van der Waals surface area (Å²) in [6, 6.07) is -0.162. The Hall–Kier alpha value is -1.22. The van der Waals surface area contributed by atoms with Crippen molar-refractivity contribution in [3.05, 3.63) is 0 Å². The molecule has 8 nitrogen and oxygen atoms in total. The molecule has 0 bridgehead atoms. The van der Waals surface area contributed by atoms with Crippen LogP contribution in [0.25, 0.3) is 0 Å². The number of carboxylic acid groups (broad SMARTS) is 2. The van der Waals surface area contributed by atoms with Crippen molar-refractivity contribution in [2.75, 3.05) is 19.6 Å². The van der Waals surface area contributed by atoms with Crippen molar-refractivity contribution in [2.24, 2.45) is 0 Å². The molecule has 0 aromatic heterocycles. The second-order valence-corrected chi connectivity index (χ2v) is 3.68. The first kappa shape index (κ1) is 15.8. The molecule has 0 fully saturated rings. The molecule has 0 aliphatic carbocycles. The minimum Gasteiger partial charge on any atom is -0.479 e. The van der Waals surface area contributed by atoms with E-state index in [-0.39, 0.29) is 19.1 Å². The molecule has 0 aliphatic rings. The van der Waals surface area contributed by atoms with Crippen molar-refractivity contribution >= 4 is 11.9 Å². The normalized spacial score (nSPS) is 16.2. The van der Waals surface area contributed by atoms with Gasteiger partial charge in [0, 0.05) is 25.7 Å². The molecule has 0 aromatic rings. The van der Waals surface area contributed by atoms with Crippen LogP contribution in [0, 0.1) is 0 Å². The number of hydrogen-bond acceptors (Lipinski definition) is 6. The molecule has 17 heavy (non-hydrogen) atoms. The van der Waals surface area contributed by atoms with Crippen molar-refractivity contribution in [2.45, 2.75) is 25.2 Å². The molecule has 0 saturated carbocycles. The Balaban J connectivity index is 3.63. The maximum absolute atomic E-state index is 10.3. The van der Waals surface area contributed by atoms with E-state index in [2.05, 4.69) is 10.6 Å². The molecule has 6 N–H and O–H groups in total. The number of aliphatic hydroxyl groups is 2. The molecular formula is C9H18N2O6. The van der Waals surface area contributed by atoms with Crippen LogP contribution in [0.1, 0.15) is 6.92 Å². The van der Waals surface area contributed by atoms with E-state index in [9.17, 15) is 9.59 Å². The van der Waals surface area contributed by atoms with Gasteiger partial charge in [-0.2, -0.15) is 0 Å². The molecular weight excluding hydrogens is 232 g/mol. The zero-order chi connectivity index (χ0) is 13.4. The zero-order valence-corrected chi connectivity index (χ0v) is 9.46. The Morgan fingerprint density at radius 3 is 1.94 bits per heavy atom. The fraction of sp³-hybridized carbons (Fsp3) is 0.778. The van der Waals surface area contributed by atoms with Gasteiger partial charge in [-0.15, -0.1) is 0 Å². The van der Waals surface area contributed by atoms with Gasteiger partial charge >= 0.3 is 11.9 Å². The van der Waals surface area contributed by atoms with E-state index < -0.39 is 24.1 Å². The summed E-state index contributed by atoms with van der Waals surface area (Å²) in [5, 5.41) is 40.1. The number of aliphatic hydroxyl groups excluding tert-OH is 2. The van der Waals surface area contributed by atoms with Gasteiger partial charge in [0.1, 0.15) is 0 Å². The largest absolute Gasteiger partial charge is 0.479 e. The van der Waals surface area contributed by atoms with Gasteiger partial charge in [-0.25, -0.2) is 9.59 Å². The van der Waals surface area contributed by atoms with Crippen LogP contribution < -0.4 is 10.6 Å². The quantitative estimate of drug-likeness (QED) is 0.263. The standard InChI is InChI=1S/C9H18N2O6/c1-5(11-4-7(13)9(16)17)2-10-3-6(12)8(14)15/h5-7,10-13H,2-4H2,1H3,(H,14,15)(H,16,17). The summed E-state index contributed by atoms with van der Waals surface area (Å²) in [5.41, 5.74) is 0. The van der Waals surface area contributed by atoms with Crippen LogP contribution in [0.2, 0.25) is 0 Å². The first-order chi connectivity index (χ1) is 7.84. The van der Waals surface area contributed by atoms with Crippen LogP contribution >= 0.6 is 0 Å². The summed E-state index contributed by atoms with van der Waals surface area (Å²) in [7, 11) is 0. The minimum atomic E-state index is -1.47. The molecule has 0 aromatic carbocycles. The molecule has 0 heterocycles. The van der Waals surface area contributed by atoms with Gasteiger partial charge < -0.3 is 31.1 Å². The van der Waals surface area contributed by atoms with Gasteiger partial charge in [-0.3, -0.25) is 0 Å². The smallest absolute Gasteiger partial charge is 0.333 e. The molecule has 0 radical (unpaired) electrons. The molecule has 0 aliphatic heterocycles. The molecule has 0 saturated heterocycles. The van der Waals surface area contributed by atoms with E-state index >= 15 is 0 Å². The van der Waals surface area contributed by atoms with Crippen molar-refractivity contribution in [1.29, 1.82) is 0 Å². The van der Waals surface area contributed by atoms with Crippen molar-refractivity contribution in [1.82, 2.24) is 10.6 Å². The van der Waals surface area contributed by atoms with Crippen LogP contribution in [-0.2, 0) is 9.59 Å². The summed E-state index contributed by atoms with van der Waals surface area (Å²) < 4.78 is 0. The predicted molar refractivity (Wildman–Crippen MR) is 57.6 cm³/mol. The lowest BCUT2D eigenvalue weighted by molar-refractivity contribution is -0.147. The fourth-order valence-electron chi connectivity index (χ4n) is 0.996. The maximum atomic E-state index is 10.3. The lowest BCUT2D eigenvalue weighted by atomic mass is 10.3. The average molecular weight is 250 g/mol. The molecule has 100 valence electrons. The van der Waals surface area contributed by atoms with Gasteiger partial charge in [0.2, 0.25) is 0 Å². The highest BCUT2D eigenvalue weighted by molar-refractivity contribution is 5.72. The lowest BCUT2D eigenvalue weighted by Crippen LogP contribution is -2.44. The minimum absolute atomic E-state index is 0.0944. The summed E-state index contributed by atoms with van der Waals surface area (Å²) in [6.45, 7) is 1.88. The van der Waals surface area contributed by atoms with Gasteiger partial charge in [0.15, 0.2) is 12.2 Å². The molecule has 0 spiro atoms. The predicted octanol–water partition coefficient (Wildman–Crippen LogP) is -2.55. The number of hydrogen-bond donors (Lipinski definition) is 6. The van der Waals surface area contributed by atoms with Crippen LogP contribution in [0.5, 0.6) is 0 Å². The van der Waals surface area contributed by atoms with Crippen LogP contribution in [0.15, 0.2) is 0 Å². The third kappa shape index (κ3) is 7.64.